The minimum Gasteiger partial charge on any atom is -0.472 e. The maximum atomic E-state index is 12.7. The lowest BCUT2D eigenvalue weighted by Crippen LogP contribution is -2.24. The van der Waals surface area contributed by atoms with Crippen LogP contribution in [0.3, 0.4) is 0 Å². The molecule has 0 unspecified atom stereocenters. The van der Waals surface area contributed by atoms with E-state index >= 15 is 0 Å². The molecular formula is C28H24N8O2. The summed E-state index contributed by atoms with van der Waals surface area (Å²) < 4.78 is 5.24. The number of amides is 1. The number of imidazole rings is 1. The molecule has 1 amide bonds. The van der Waals surface area contributed by atoms with E-state index in [1.165, 1.54) is 6.42 Å². The molecule has 0 bridgehead atoms. The van der Waals surface area contributed by atoms with Crippen LogP contribution in [0, 0.1) is 5.92 Å². The molecule has 0 aliphatic heterocycles. The molecule has 3 N–H and O–H groups in total. The average Bonchev–Trinajstić information content (AvgIpc) is 3.73. The summed E-state index contributed by atoms with van der Waals surface area (Å²) >= 11 is 0. The van der Waals surface area contributed by atoms with E-state index in [-0.39, 0.29) is 11.8 Å². The van der Waals surface area contributed by atoms with Gasteiger partial charge in [0.1, 0.15) is 16.9 Å². The molecule has 10 heteroatoms. The summed E-state index contributed by atoms with van der Waals surface area (Å²) in [6.45, 7) is 0. The molecular weight excluding hydrogens is 480 g/mol. The standard InChI is InChI=1S/C28H24N8O2/c37-28(16-4-2-1-3-5-16)32-19-10-18(12-29-13-19)22-11-20-23(14-31-22)35-36-25(20)27-33-21-6-8-30-24(26(21)34-27)17-7-9-38-15-17/h6-16H,1-5H2,(H,32,37)(H,33,34)(H,35,36). The Bertz CT molecular complexity index is 1760. The van der Waals surface area contributed by atoms with Gasteiger partial charge in [0, 0.05) is 34.8 Å². The predicted octanol–water partition coefficient (Wildman–Crippen LogP) is 5.74. The van der Waals surface area contributed by atoms with Crippen molar-refractivity contribution >= 4 is 33.5 Å². The van der Waals surface area contributed by atoms with Crippen LogP contribution in [-0.4, -0.2) is 41.0 Å². The summed E-state index contributed by atoms with van der Waals surface area (Å²) in [5.74, 6) is 0.759. The molecule has 1 aliphatic carbocycles. The quantitative estimate of drug-likeness (QED) is 0.272. The summed E-state index contributed by atoms with van der Waals surface area (Å²) in [6.07, 6.45) is 15.5. The molecule has 0 spiro atoms. The first-order chi connectivity index (χ1) is 18.7. The number of fused-ring (bicyclic) bond motifs is 2. The largest absolute Gasteiger partial charge is 0.472 e. The number of hydrogen-bond acceptors (Lipinski definition) is 7. The Hall–Kier alpha value is -4.86. The van der Waals surface area contributed by atoms with Crippen molar-refractivity contribution in [3.63, 3.8) is 0 Å². The zero-order chi connectivity index (χ0) is 25.5. The van der Waals surface area contributed by atoms with E-state index in [0.717, 1.165) is 70.1 Å². The number of carbonyl (C=O) groups excluding carboxylic acids is 1. The normalized spacial score (nSPS) is 14.3. The molecule has 188 valence electrons. The number of nitrogens with one attached hydrogen (secondary N) is 3. The second-order valence-electron chi connectivity index (χ2n) is 9.63. The Balaban J connectivity index is 1.23. The number of aromatic nitrogens is 7. The lowest BCUT2D eigenvalue weighted by molar-refractivity contribution is -0.120. The maximum absolute atomic E-state index is 12.7. The van der Waals surface area contributed by atoms with Crippen LogP contribution in [0.4, 0.5) is 5.69 Å². The van der Waals surface area contributed by atoms with E-state index in [9.17, 15) is 4.79 Å². The summed E-state index contributed by atoms with van der Waals surface area (Å²) in [7, 11) is 0. The molecule has 7 rings (SSSR count). The number of furan rings is 1. The van der Waals surface area contributed by atoms with E-state index in [0.29, 0.717) is 17.2 Å². The maximum Gasteiger partial charge on any atom is 0.227 e. The molecule has 10 nitrogen and oxygen atoms in total. The first-order valence-corrected chi connectivity index (χ1v) is 12.7. The lowest BCUT2D eigenvalue weighted by atomic mass is 9.88. The number of rotatable bonds is 5. The molecule has 1 aliphatic rings. The van der Waals surface area contributed by atoms with Crippen molar-refractivity contribution in [2.75, 3.05) is 5.32 Å². The monoisotopic (exact) mass is 504 g/mol. The summed E-state index contributed by atoms with van der Waals surface area (Å²) in [6, 6.07) is 7.61. The van der Waals surface area contributed by atoms with E-state index < -0.39 is 0 Å². The minimum absolute atomic E-state index is 0.0679. The van der Waals surface area contributed by atoms with Crippen LogP contribution in [0.5, 0.6) is 0 Å². The van der Waals surface area contributed by atoms with Gasteiger partial charge in [0.15, 0.2) is 5.82 Å². The third-order valence-electron chi connectivity index (χ3n) is 7.14. The van der Waals surface area contributed by atoms with E-state index in [4.69, 9.17) is 9.40 Å². The van der Waals surface area contributed by atoms with E-state index in [1.54, 1.807) is 37.3 Å². The Morgan fingerprint density at radius 1 is 0.974 bits per heavy atom. The van der Waals surface area contributed by atoms with Crippen molar-refractivity contribution in [3.05, 3.63) is 61.6 Å². The second kappa shape index (κ2) is 9.22. The van der Waals surface area contributed by atoms with Gasteiger partial charge in [-0.3, -0.25) is 24.8 Å². The Morgan fingerprint density at radius 2 is 1.89 bits per heavy atom. The number of carbonyl (C=O) groups is 1. The fourth-order valence-electron chi connectivity index (χ4n) is 5.17. The molecule has 6 heterocycles. The van der Waals surface area contributed by atoms with Crippen LogP contribution in [0.2, 0.25) is 0 Å². The summed E-state index contributed by atoms with van der Waals surface area (Å²) in [4.78, 5) is 34.4. The molecule has 0 radical (unpaired) electrons. The van der Waals surface area contributed by atoms with Crippen molar-refractivity contribution in [2.24, 2.45) is 5.92 Å². The Kier molecular flexibility index (Phi) is 5.42. The van der Waals surface area contributed by atoms with Gasteiger partial charge < -0.3 is 14.7 Å². The Morgan fingerprint density at radius 3 is 2.76 bits per heavy atom. The van der Waals surface area contributed by atoms with Gasteiger partial charge in [-0.1, -0.05) is 19.3 Å². The molecule has 1 saturated carbocycles. The Labute approximate surface area is 217 Å². The third kappa shape index (κ3) is 4.00. The van der Waals surface area contributed by atoms with Crippen molar-refractivity contribution < 1.29 is 9.21 Å². The van der Waals surface area contributed by atoms with Gasteiger partial charge in [0.05, 0.1) is 47.3 Å². The fraction of sp³-hybridized carbons (Fsp3) is 0.214. The van der Waals surface area contributed by atoms with Crippen LogP contribution in [0.15, 0.2) is 66.0 Å². The highest BCUT2D eigenvalue weighted by atomic mass is 16.3. The smallest absolute Gasteiger partial charge is 0.227 e. The molecule has 6 aromatic heterocycles. The van der Waals surface area contributed by atoms with E-state index in [1.807, 2.05) is 24.3 Å². The molecule has 1 fully saturated rings. The highest BCUT2D eigenvalue weighted by Crippen LogP contribution is 2.32. The van der Waals surface area contributed by atoms with Gasteiger partial charge in [-0.2, -0.15) is 5.10 Å². The van der Waals surface area contributed by atoms with Crippen molar-refractivity contribution in [3.8, 4) is 34.0 Å². The van der Waals surface area contributed by atoms with Crippen LogP contribution >= 0.6 is 0 Å². The van der Waals surface area contributed by atoms with Crippen molar-refractivity contribution in [1.29, 1.82) is 0 Å². The molecule has 6 aromatic rings. The number of pyridine rings is 3. The molecule has 38 heavy (non-hydrogen) atoms. The molecule has 0 aromatic carbocycles. The molecule has 0 saturated heterocycles. The van der Waals surface area contributed by atoms with Crippen LogP contribution < -0.4 is 5.32 Å². The van der Waals surface area contributed by atoms with Gasteiger partial charge >= 0.3 is 0 Å². The molecule has 0 atom stereocenters. The van der Waals surface area contributed by atoms with Crippen LogP contribution in [0.25, 0.3) is 56.0 Å². The van der Waals surface area contributed by atoms with Crippen LogP contribution in [-0.2, 0) is 4.79 Å². The predicted molar refractivity (Wildman–Crippen MR) is 143 cm³/mol. The zero-order valence-corrected chi connectivity index (χ0v) is 20.4. The second-order valence-corrected chi connectivity index (χ2v) is 9.63. The first-order valence-electron chi connectivity index (χ1n) is 12.7. The van der Waals surface area contributed by atoms with E-state index in [2.05, 4.69) is 35.5 Å². The van der Waals surface area contributed by atoms with Gasteiger partial charge in [-0.25, -0.2) is 4.98 Å². The summed E-state index contributed by atoms with van der Waals surface area (Å²) in [5.41, 5.74) is 6.83. The van der Waals surface area contributed by atoms with Crippen molar-refractivity contribution in [1.82, 2.24) is 35.1 Å². The topological polar surface area (TPSA) is 138 Å². The minimum atomic E-state index is 0.0679. The fourth-order valence-corrected chi connectivity index (χ4v) is 5.17. The number of hydrogen-bond donors (Lipinski definition) is 3. The third-order valence-corrected chi connectivity index (χ3v) is 7.14. The van der Waals surface area contributed by atoms with Crippen molar-refractivity contribution in [2.45, 2.75) is 32.1 Å². The van der Waals surface area contributed by atoms with Gasteiger partial charge in [0.2, 0.25) is 5.91 Å². The highest BCUT2D eigenvalue weighted by molar-refractivity contribution is 5.97. The average molecular weight is 505 g/mol. The van der Waals surface area contributed by atoms with Crippen LogP contribution in [0.1, 0.15) is 32.1 Å². The number of nitrogens with zero attached hydrogens (tertiary/aromatic N) is 5. The number of anilines is 1. The van der Waals surface area contributed by atoms with Gasteiger partial charge in [-0.05, 0) is 37.1 Å². The number of aromatic amines is 2. The van der Waals surface area contributed by atoms with Gasteiger partial charge in [-0.15, -0.1) is 0 Å². The summed E-state index contributed by atoms with van der Waals surface area (Å²) in [5, 5.41) is 11.5. The van der Waals surface area contributed by atoms with Gasteiger partial charge in [0.25, 0.3) is 0 Å². The number of H-pyrrole nitrogens is 2. The highest BCUT2D eigenvalue weighted by Gasteiger charge is 2.21. The lowest BCUT2D eigenvalue weighted by Gasteiger charge is -2.20. The first kappa shape index (κ1) is 22.3. The SMILES string of the molecule is O=C(Nc1cncc(-c2cc3c(-c4nc5c(-c6ccoc6)nccc5[nH]4)n[nH]c3cn2)c1)C1CCCCC1. The zero-order valence-electron chi connectivity index (χ0n) is 20.4.